The lowest BCUT2D eigenvalue weighted by atomic mass is 10.1. The van der Waals surface area contributed by atoms with Crippen LogP contribution in [0.4, 0.5) is 0 Å². The molecular formula is C15H14BrClO2. The van der Waals surface area contributed by atoms with E-state index in [0.29, 0.717) is 22.9 Å². The first-order valence-electron chi connectivity index (χ1n) is 6.01. The van der Waals surface area contributed by atoms with Crippen LogP contribution in [0.25, 0.3) is 0 Å². The molecule has 0 amide bonds. The fourth-order valence-corrected chi connectivity index (χ4v) is 2.24. The van der Waals surface area contributed by atoms with Gasteiger partial charge in [-0.3, -0.25) is 0 Å². The second-order valence-electron chi connectivity index (χ2n) is 4.14. The van der Waals surface area contributed by atoms with Gasteiger partial charge in [0, 0.05) is 10.0 Å². The van der Waals surface area contributed by atoms with E-state index in [-0.39, 0.29) is 0 Å². The largest absolute Gasteiger partial charge is 0.455 e. The molecule has 2 aromatic rings. The minimum absolute atomic E-state index is 0.531. The molecular weight excluding hydrogens is 328 g/mol. The van der Waals surface area contributed by atoms with Gasteiger partial charge in [0.05, 0.1) is 11.1 Å². The van der Waals surface area contributed by atoms with E-state index in [1.54, 1.807) is 12.1 Å². The quantitative estimate of drug-likeness (QED) is 0.813. The van der Waals surface area contributed by atoms with Gasteiger partial charge in [-0.05, 0) is 30.7 Å². The monoisotopic (exact) mass is 340 g/mol. The first-order valence-corrected chi connectivity index (χ1v) is 7.18. The molecule has 0 heterocycles. The number of benzene rings is 2. The third-order valence-electron chi connectivity index (χ3n) is 2.78. The molecule has 0 aliphatic heterocycles. The summed E-state index contributed by atoms with van der Waals surface area (Å²) >= 11 is 9.49. The van der Waals surface area contributed by atoms with Gasteiger partial charge in [-0.15, -0.1) is 0 Å². The van der Waals surface area contributed by atoms with Crippen molar-refractivity contribution in [3.05, 3.63) is 57.5 Å². The van der Waals surface area contributed by atoms with Gasteiger partial charge in [0.2, 0.25) is 0 Å². The zero-order valence-corrected chi connectivity index (χ0v) is 12.8. The lowest BCUT2D eigenvalue weighted by molar-refractivity contribution is 0.170. The van der Waals surface area contributed by atoms with Gasteiger partial charge in [-0.1, -0.05) is 52.7 Å². The highest BCUT2D eigenvalue weighted by atomic mass is 79.9. The van der Waals surface area contributed by atoms with E-state index in [1.807, 2.05) is 37.3 Å². The third-order valence-corrected chi connectivity index (χ3v) is 3.58. The van der Waals surface area contributed by atoms with E-state index in [0.717, 1.165) is 10.0 Å². The van der Waals surface area contributed by atoms with E-state index in [1.165, 1.54) is 0 Å². The van der Waals surface area contributed by atoms with Gasteiger partial charge < -0.3 is 9.84 Å². The number of hydrogen-bond acceptors (Lipinski definition) is 2. The molecule has 0 unspecified atom stereocenters. The van der Waals surface area contributed by atoms with Gasteiger partial charge in [0.15, 0.2) is 0 Å². The van der Waals surface area contributed by atoms with Gasteiger partial charge in [0.1, 0.15) is 11.5 Å². The highest BCUT2D eigenvalue weighted by Crippen LogP contribution is 2.35. The van der Waals surface area contributed by atoms with E-state index in [4.69, 9.17) is 16.3 Å². The Morgan fingerprint density at radius 2 is 1.95 bits per heavy atom. The van der Waals surface area contributed by atoms with Crippen molar-refractivity contribution in [1.29, 1.82) is 0 Å². The standard InChI is InChI=1S/C15H14BrClO2/c1-2-13(18)11-5-3-4-6-14(11)19-15-9-10(16)7-8-12(15)17/h3-9,13,18H,2H2,1H3/t13-/m0/s1. The topological polar surface area (TPSA) is 29.5 Å². The molecule has 1 atom stereocenters. The average molecular weight is 342 g/mol. The molecule has 0 bridgehead atoms. The van der Waals surface area contributed by atoms with Gasteiger partial charge in [0.25, 0.3) is 0 Å². The Bertz CT molecular complexity index is 572. The van der Waals surface area contributed by atoms with Crippen LogP contribution < -0.4 is 4.74 Å². The Morgan fingerprint density at radius 3 is 2.68 bits per heavy atom. The third kappa shape index (κ3) is 3.50. The summed E-state index contributed by atoms with van der Waals surface area (Å²) in [6.07, 6.45) is 0.0918. The second-order valence-corrected chi connectivity index (χ2v) is 5.46. The van der Waals surface area contributed by atoms with Gasteiger partial charge >= 0.3 is 0 Å². The van der Waals surface area contributed by atoms with Crippen molar-refractivity contribution in [3.8, 4) is 11.5 Å². The summed E-state index contributed by atoms with van der Waals surface area (Å²) < 4.78 is 6.71. The molecule has 4 heteroatoms. The van der Waals surface area contributed by atoms with Crippen molar-refractivity contribution < 1.29 is 9.84 Å². The fourth-order valence-electron chi connectivity index (χ4n) is 1.74. The predicted molar refractivity (Wildman–Crippen MR) is 80.9 cm³/mol. The first kappa shape index (κ1) is 14.4. The lowest BCUT2D eigenvalue weighted by Crippen LogP contribution is -1.98. The van der Waals surface area contributed by atoms with Crippen molar-refractivity contribution in [2.24, 2.45) is 0 Å². The van der Waals surface area contributed by atoms with Gasteiger partial charge in [-0.2, -0.15) is 0 Å². The molecule has 1 N–H and O–H groups in total. The van der Waals surface area contributed by atoms with Crippen molar-refractivity contribution in [2.75, 3.05) is 0 Å². The van der Waals surface area contributed by atoms with Crippen LogP contribution in [0.5, 0.6) is 11.5 Å². The molecule has 19 heavy (non-hydrogen) atoms. The van der Waals surface area contributed by atoms with E-state index in [9.17, 15) is 5.11 Å². The van der Waals surface area contributed by atoms with Crippen LogP contribution >= 0.6 is 27.5 Å². The molecule has 0 aliphatic rings. The molecule has 0 saturated carbocycles. The van der Waals surface area contributed by atoms with E-state index < -0.39 is 6.10 Å². The van der Waals surface area contributed by atoms with E-state index >= 15 is 0 Å². The minimum atomic E-state index is -0.540. The van der Waals surface area contributed by atoms with Crippen molar-refractivity contribution in [2.45, 2.75) is 19.4 Å². The molecule has 0 saturated heterocycles. The highest BCUT2D eigenvalue weighted by molar-refractivity contribution is 9.10. The molecule has 0 spiro atoms. The maximum atomic E-state index is 9.99. The lowest BCUT2D eigenvalue weighted by Gasteiger charge is -2.15. The highest BCUT2D eigenvalue weighted by Gasteiger charge is 2.13. The number of hydrogen-bond donors (Lipinski definition) is 1. The number of ether oxygens (including phenoxy) is 1. The van der Waals surface area contributed by atoms with Crippen molar-refractivity contribution >= 4 is 27.5 Å². The average Bonchev–Trinajstić information content (AvgIpc) is 2.42. The maximum Gasteiger partial charge on any atom is 0.147 e. The Kier molecular flexibility index (Phi) is 4.86. The molecule has 2 rings (SSSR count). The minimum Gasteiger partial charge on any atom is -0.455 e. The number of halogens is 2. The van der Waals surface area contributed by atoms with Crippen LogP contribution in [0.3, 0.4) is 0 Å². The Labute approximate surface area is 126 Å². The van der Waals surface area contributed by atoms with Crippen LogP contribution in [0.1, 0.15) is 25.0 Å². The SMILES string of the molecule is CC[C@H](O)c1ccccc1Oc1cc(Br)ccc1Cl. The zero-order valence-electron chi connectivity index (χ0n) is 10.4. The van der Waals surface area contributed by atoms with Gasteiger partial charge in [-0.25, -0.2) is 0 Å². The van der Waals surface area contributed by atoms with Crippen LogP contribution in [0, 0.1) is 0 Å². The summed E-state index contributed by atoms with van der Waals surface area (Å²) in [5.74, 6) is 1.18. The predicted octanol–water partition coefficient (Wildman–Crippen LogP) is 5.34. The molecule has 0 fully saturated rings. The van der Waals surface area contributed by atoms with E-state index in [2.05, 4.69) is 15.9 Å². The van der Waals surface area contributed by atoms with Crippen LogP contribution in [-0.2, 0) is 0 Å². The maximum absolute atomic E-state index is 9.99. The number of aliphatic hydroxyl groups is 1. The summed E-state index contributed by atoms with van der Waals surface area (Å²) in [6, 6.07) is 12.8. The zero-order chi connectivity index (χ0) is 13.8. The summed E-state index contributed by atoms with van der Waals surface area (Å²) in [4.78, 5) is 0. The fraction of sp³-hybridized carbons (Fsp3) is 0.200. The van der Waals surface area contributed by atoms with Crippen LogP contribution in [0.2, 0.25) is 5.02 Å². The number of para-hydroxylation sites is 1. The molecule has 0 aromatic heterocycles. The Balaban J connectivity index is 2.35. The molecule has 0 aliphatic carbocycles. The number of aliphatic hydroxyl groups excluding tert-OH is 1. The normalized spacial score (nSPS) is 12.2. The summed E-state index contributed by atoms with van der Waals surface area (Å²) in [5.41, 5.74) is 0.765. The summed E-state index contributed by atoms with van der Waals surface area (Å²) in [5, 5.41) is 10.5. The Hall–Kier alpha value is -1.03. The molecule has 2 aromatic carbocycles. The first-order chi connectivity index (χ1) is 9.11. The Morgan fingerprint density at radius 1 is 1.21 bits per heavy atom. The smallest absolute Gasteiger partial charge is 0.147 e. The molecule has 0 radical (unpaired) electrons. The summed E-state index contributed by atoms with van der Waals surface area (Å²) in [6.45, 7) is 1.92. The van der Waals surface area contributed by atoms with Crippen molar-refractivity contribution in [1.82, 2.24) is 0 Å². The molecule has 100 valence electrons. The van der Waals surface area contributed by atoms with Crippen LogP contribution in [0.15, 0.2) is 46.9 Å². The summed E-state index contributed by atoms with van der Waals surface area (Å²) in [7, 11) is 0. The van der Waals surface area contributed by atoms with Crippen LogP contribution in [-0.4, -0.2) is 5.11 Å². The molecule has 2 nitrogen and oxygen atoms in total. The second kappa shape index (κ2) is 6.42. The van der Waals surface area contributed by atoms with Crippen molar-refractivity contribution in [3.63, 3.8) is 0 Å². The number of rotatable bonds is 4.